The van der Waals surface area contributed by atoms with Crippen LogP contribution >= 0.6 is 11.3 Å². The Hall–Kier alpha value is -3.58. The third-order valence-electron chi connectivity index (χ3n) is 5.05. The number of aryl methyl sites for hydroxylation is 2. The zero-order valence-electron chi connectivity index (χ0n) is 18.2. The van der Waals surface area contributed by atoms with Crippen LogP contribution in [0, 0.1) is 6.92 Å². The average molecular weight is 448 g/mol. The standard InChI is InChI=1S/C25H25N3O3S/c1-4-19-15-20(25(32-19)28-24(29)21-11-7-13-31-21)23(17-9-6-10-18(14-17)30-3)27-22-12-5-8-16(2)26-22/h5-15,23H,4H2,1-3H3,(H,26,27)(H,28,29)/t23-/m1/s1. The molecular weight excluding hydrogens is 422 g/mol. The Morgan fingerprint density at radius 1 is 1.16 bits per heavy atom. The van der Waals surface area contributed by atoms with Crippen molar-refractivity contribution in [3.8, 4) is 5.75 Å². The molecule has 7 heteroatoms. The van der Waals surface area contributed by atoms with Gasteiger partial charge >= 0.3 is 0 Å². The molecule has 4 rings (SSSR count). The van der Waals surface area contributed by atoms with Crippen molar-refractivity contribution in [2.75, 3.05) is 17.7 Å². The number of hydrogen-bond acceptors (Lipinski definition) is 6. The Labute approximate surface area is 191 Å². The second-order valence-electron chi connectivity index (χ2n) is 7.30. The molecule has 0 saturated heterocycles. The fourth-order valence-corrected chi connectivity index (χ4v) is 4.48. The summed E-state index contributed by atoms with van der Waals surface area (Å²) in [6.45, 7) is 4.06. The first kappa shape index (κ1) is 21.6. The van der Waals surface area contributed by atoms with Gasteiger partial charge in [-0.25, -0.2) is 4.98 Å². The van der Waals surface area contributed by atoms with E-state index in [9.17, 15) is 4.79 Å². The van der Waals surface area contributed by atoms with E-state index in [1.165, 1.54) is 11.1 Å². The van der Waals surface area contributed by atoms with Gasteiger partial charge < -0.3 is 19.8 Å². The van der Waals surface area contributed by atoms with E-state index in [1.807, 2.05) is 49.4 Å². The molecule has 0 aliphatic rings. The van der Waals surface area contributed by atoms with Crippen molar-refractivity contribution < 1.29 is 13.9 Å². The van der Waals surface area contributed by atoms with Gasteiger partial charge in [-0.05, 0) is 61.4 Å². The summed E-state index contributed by atoms with van der Waals surface area (Å²) in [5.41, 5.74) is 2.88. The molecule has 0 aliphatic carbocycles. The number of thiophene rings is 1. The van der Waals surface area contributed by atoms with Crippen LogP contribution in [0.5, 0.6) is 5.75 Å². The predicted molar refractivity (Wildman–Crippen MR) is 128 cm³/mol. The van der Waals surface area contributed by atoms with Gasteiger partial charge in [0.15, 0.2) is 5.76 Å². The summed E-state index contributed by atoms with van der Waals surface area (Å²) in [4.78, 5) is 18.5. The summed E-state index contributed by atoms with van der Waals surface area (Å²) in [7, 11) is 1.65. The van der Waals surface area contributed by atoms with E-state index in [0.29, 0.717) is 0 Å². The van der Waals surface area contributed by atoms with Gasteiger partial charge in [0.2, 0.25) is 0 Å². The van der Waals surface area contributed by atoms with Crippen molar-refractivity contribution in [2.24, 2.45) is 0 Å². The Morgan fingerprint density at radius 2 is 2.00 bits per heavy atom. The van der Waals surface area contributed by atoms with Gasteiger partial charge in [0, 0.05) is 16.1 Å². The summed E-state index contributed by atoms with van der Waals surface area (Å²) < 4.78 is 10.7. The fourth-order valence-electron chi connectivity index (χ4n) is 3.45. The van der Waals surface area contributed by atoms with Crippen LogP contribution in [0.3, 0.4) is 0 Å². The highest BCUT2D eigenvalue weighted by molar-refractivity contribution is 7.16. The Morgan fingerprint density at radius 3 is 2.72 bits per heavy atom. The van der Waals surface area contributed by atoms with Crippen LogP contribution in [-0.2, 0) is 6.42 Å². The first-order chi connectivity index (χ1) is 15.6. The molecule has 6 nitrogen and oxygen atoms in total. The maximum absolute atomic E-state index is 12.7. The molecule has 3 heterocycles. The first-order valence-electron chi connectivity index (χ1n) is 10.4. The molecule has 164 valence electrons. The van der Waals surface area contributed by atoms with Gasteiger partial charge in [0.1, 0.15) is 16.6 Å². The summed E-state index contributed by atoms with van der Waals surface area (Å²) in [6.07, 6.45) is 2.35. The lowest BCUT2D eigenvalue weighted by Crippen LogP contribution is -2.17. The maximum Gasteiger partial charge on any atom is 0.291 e. The Balaban J connectivity index is 1.77. The minimum Gasteiger partial charge on any atom is -0.497 e. The van der Waals surface area contributed by atoms with Crippen LogP contribution in [0.1, 0.15) is 45.2 Å². The van der Waals surface area contributed by atoms with Crippen LogP contribution in [0.4, 0.5) is 10.8 Å². The number of hydrogen-bond donors (Lipinski definition) is 2. The number of nitrogens with one attached hydrogen (secondary N) is 2. The molecule has 0 radical (unpaired) electrons. The van der Waals surface area contributed by atoms with E-state index < -0.39 is 0 Å². The normalized spacial score (nSPS) is 11.7. The number of benzene rings is 1. The van der Waals surface area contributed by atoms with E-state index in [4.69, 9.17) is 9.15 Å². The van der Waals surface area contributed by atoms with Gasteiger partial charge in [-0.15, -0.1) is 11.3 Å². The van der Waals surface area contributed by atoms with Crippen molar-refractivity contribution in [1.82, 2.24) is 4.98 Å². The van der Waals surface area contributed by atoms with Gasteiger partial charge in [0.25, 0.3) is 5.91 Å². The number of pyridine rings is 1. The summed E-state index contributed by atoms with van der Waals surface area (Å²) in [6, 6.07) is 19.0. The molecule has 4 aromatic rings. The van der Waals surface area contributed by atoms with Crippen molar-refractivity contribution in [3.05, 3.63) is 94.4 Å². The quantitative estimate of drug-likeness (QED) is 0.343. The lowest BCUT2D eigenvalue weighted by molar-refractivity contribution is 0.0997. The smallest absolute Gasteiger partial charge is 0.291 e. The minimum absolute atomic E-state index is 0.247. The topological polar surface area (TPSA) is 76.4 Å². The number of nitrogens with zero attached hydrogens (tertiary/aromatic N) is 1. The maximum atomic E-state index is 12.7. The molecule has 0 aliphatic heterocycles. The van der Waals surface area contributed by atoms with Crippen molar-refractivity contribution in [1.29, 1.82) is 0 Å². The van der Waals surface area contributed by atoms with E-state index in [0.717, 1.165) is 39.8 Å². The Kier molecular flexibility index (Phi) is 6.56. The van der Waals surface area contributed by atoms with Crippen LogP contribution in [-0.4, -0.2) is 18.0 Å². The van der Waals surface area contributed by atoms with Crippen LogP contribution in [0.15, 0.2) is 71.3 Å². The summed E-state index contributed by atoms with van der Waals surface area (Å²) >= 11 is 1.57. The number of amides is 1. The molecule has 32 heavy (non-hydrogen) atoms. The lowest BCUT2D eigenvalue weighted by atomic mass is 9.99. The van der Waals surface area contributed by atoms with Crippen LogP contribution in [0.25, 0.3) is 0 Å². The monoisotopic (exact) mass is 447 g/mol. The molecule has 1 aromatic carbocycles. The van der Waals surface area contributed by atoms with Crippen molar-refractivity contribution in [3.63, 3.8) is 0 Å². The molecular formula is C25H25N3O3S. The van der Waals surface area contributed by atoms with E-state index >= 15 is 0 Å². The van der Waals surface area contributed by atoms with Crippen LogP contribution < -0.4 is 15.4 Å². The number of carbonyl (C=O) groups excluding carboxylic acids is 1. The predicted octanol–water partition coefficient (Wildman–Crippen LogP) is 6.07. The number of carbonyl (C=O) groups is 1. The molecule has 0 unspecified atom stereocenters. The zero-order valence-corrected chi connectivity index (χ0v) is 19.0. The summed E-state index contributed by atoms with van der Waals surface area (Å²) in [5.74, 6) is 1.51. The van der Waals surface area contributed by atoms with E-state index in [-0.39, 0.29) is 17.7 Å². The third kappa shape index (κ3) is 4.84. The van der Waals surface area contributed by atoms with Gasteiger partial charge in [0.05, 0.1) is 19.4 Å². The molecule has 0 saturated carbocycles. The summed E-state index contributed by atoms with van der Waals surface area (Å²) in [5, 5.41) is 7.37. The third-order valence-corrected chi connectivity index (χ3v) is 6.26. The molecule has 1 atom stereocenters. The number of aromatic nitrogens is 1. The lowest BCUT2D eigenvalue weighted by Gasteiger charge is -2.21. The Bertz CT molecular complexity index is 1200. The first-order valence-corrected chi connectivity index (χ1v) is 11.2. The highest BCUT2D eigenvalue weighted by atomic mass is 32.1. The molecule has 3 aromatic heterocycles. The largest absolute Gasteiger partial charge is 0.497 e. The van der Waals surface area contributed by atoms with Crippen LogP contribution in [0.2, 0.25) is 0 Å². The molecule has 2 N–H and O–H groups in total. The number of methoxy groups -OCH3 is 1. The molecule has 0 spiro atoms. The number of furan rings is 1. The van der Waals surface area contributed by atoms with E-state index in [1.54, 1.807) is 30.6 Å². The van der Waals surface area contributed by atoms with Gasteiger partial charge in [-0.2, -0.15) is 0 Å². The molecule has 1 amide bonds. The minimum atomic E-state index is -0.279. The van der Waals surface area contributed by atoms with Gasteiger partial charge in [-0.3, -0.25) is 4.79 Å². The number of ether oxygens (including phenoxy) is 1. The second kappa shape index (κ2) is 9.70. The number of rotatable bonds is 8. The highest BCUT2D eigenvalue weighted by Gasteiger charge is 2.23. The van der Waals surface area contributed by atoms with Crippen molar-refractivity contribution >= 4 is 28.1 Å². The van der Waals surface area contributed by atoms with Crippen molar-refractivity contribution in [2.45, 2.75) is 26.3 Å². The SMILES string of the molecule is CCc1cc([C@H](Nc2cccc(C)n2)c2cccc(OC)c2)c(NC(=O)c2ccco2)s1. The zero-order chi connectivity index (χ0) is 22.5. The van der Waals surface area contributed by atoms with E-state index in [2.05, 4.69) is 28.6 Å². The average Bonchev–Trinajstić information content (AvgIpc) is 3.48. The molecule has 0 bridgehead atoms. The second-order valence-corrected chi connectivity index (χ2v) is 8.44. The highest BCUT2D eigenvalue weighted by Crippen LogP contribution is 2.38. The van der Waals surface area contributed by atoms with Gasteiger partial charge in [-0.1, -0.05) is 25.1 Å². The number of anilines is 2. The molecule has 0 fully saturated rings. The fraction of sp³-hybridized carbons (Fsp3) is 0.200.